The maximum absolute atomic E-state index is 12.1. The fraction of sp³-hybridized carbons (Fsp3) is 0.947. The normalized spacial score (nSPS) is 22.9. The summed E-state index contributed by atoms with van der Waals surface area (Å²) in [5, 5.41) is 3.71. The molecule has 4 heteroatoms. The minimum atomic E-state index is -0.403. The number of nitrogens with zero attached hydrogens (tertiary/aromatic N) is 1. The highest BCUT2D eigenvalue weighted by atomic mass is 16.6. The smallest absolute Gasteiger partial charge is 0.410 e. The number of hydrogen-bond acceptors (Lipinski definition) is 3. The lowest BCUT2D eigenvalue weighted by atomic mass is 9.80. The van der Waals surface area contributed by atoms with E-state index in [2.05, 4.69) is 12.2 Å². The average Bonchev–Trinajstić information content (AvgIpc) is 2.47. The Morgan fingerprint density at radius 3 is 2.35 bits per heavy atom. The van der Waals surface area contributed by atoms with Crippen molar-refractivity contribution in [1.82, 2.24) is 10.2 Å². The summed E-state index contributed by atoms with van der Waals surface area (Å²) in [6.45, 7) is 12.0. The number of likely N-dealkylation sites (tertiary alicyclic amines) is 1. The zero-order valence-corrected chi connectivity index (χ0v) is 15.6. The monoisotopic (exact) mass is 324 g/mol. The van der Waals surface area contributed by atoms with Crippen LogP contribution in [0.2, 0.25) is 0 Å². The van der Waals surface area contributed by atoms with Gasteiger partial charge in [0.1, 0.15) is 5.60 Å². The largest absolute Gasteiger partial charge is 0.444 e. The van der Waals surface area contributed by atoms with Gasteiger partial charge in [-0.2, -0.15) is 0 Å². The van der Waals surface area contributed by atoms with Crippen LogP contribution in [0.4, 0.5) is 4.79 Å². The van der Waals surface area contributed by atoms with E-state index >= 15 is 0 Å². The molecule has 0 unspecified atom stereocenters. The second-order valence-electron chi connectivity index (χ2n) is 8.91. The Balaban J connectivity index is 1.68. The summed E-state index contributed by atoms with van der Waals surface area (Å²) in [6, 6.07) is 0. The minimum Gasteiger partial charge on any atom is -0.444 e. The van der Waals surface area contributed by atoms with E-state index in [1.54, 1.807) is 0 Å². The quantitative estimate of drug-likeness (QED) is 0.843. The zero-order valence-electron chi connectivity index (χ0n) is 15.6. The van der Waals surface area contributed by atoms with Crippen LogP contribution in [0.3, 0.4) is 0 Å². The van der Waals surface area contributed by atoms with Gasteiger partial charge in [-0.15, -0.1) is 0 Å². The van der Waals surface area contributed by atoms with Gasteiger partial charge in [-0.05, 0) is 64.3 Å². The molecule has 2 fully saturated rings. The molecule has 0 atom stereocenters. The van der Waals surface area contributed by atoms with Crippen molar-refractivity contribution in [2.45, 2.75) is 78.2 Å². The van der Waals surface area contributed by atoms with Gasteiger partial charge in [0.05, 0.1) is 0 Å². The standard InChI is InChI=1S/C19H36N2O2/c1-18(2,3)23-17(22)21-12-10-19(4,11-13-21)15-20-14-16-8-6-5-7-9-16/h16,20H,5-15H2,1-4H3. The SMILES string of the molecule is CC1(CNCC2CCCCC2)CCN(C(=O)OC(C)(C)C)CC1. The van der Waals surface area contributed by atoms with Crippen LogP contribution in [-0.4, -0.2) is 42.8 Å². The molecule has 2 aliphatic rings. The predicted molar refractivity (Wildman–Crippen MR) is 94.6 cm³/mol. The van der Waals surface area contributed by atoms with E-state index in [4.69, 9.17) is 4.74 Å². The number of hydrogen-bond donors (Lipinski definition) is 1. The summed E-state index contributed by atoms with van der Waals surface area (Å²) in [6.07, 6.45) is 9.01. The highest BCUT2D eigenvalue weighted by Gasteiger charge is 2.33. The third-order valence-electron chi connectivity index (χ3n) is 5.33. The molecule has 0 aromatic carbocycles. The first-order valence-electron chi connectivity index (χ1n) is 9.46. The lowest BCUT2D eigenvalue weighted by molar-refractivity contribution is 0.0119. The van der Waals surface area contributed by atoms with Crippen LogP contribution in [0.5, 0.6) is 0 Å². The molecule has 1 saturated carbocycles. The molecular formula is C19H36N2O2. The number of amides is 1. The summed E-state index contributed by atoms with van der Waals surface area (Å²) in [7, 11) is 0. The van der Waals surface area contributed by atoms with Gasteiger partial charge in [0, 0.05) is 19.6 Å². The molecule has 23 heavy (non-hydrogen) atoms. The van der Waals surface area contributed by atoms with Crippen LogP contribution < -0.4 is 5.32 Å². The number of piperidine rings is 1. The van der Waals surface area contributed by atoms with Crippen molar-refractivity contribution < 1.29 is 9.53 Å². The fourth-order valence-corrected chi connectivity index (χ4v) is 3.70. The van der Waals surface area contributed by atoms with Crippen molar-refractivity contribution in [1.29, 1.82) is 0 Å². The minimum absolute atomic E-state index is 0.158. The van der Waals surface area contributed by atoms with Crippen molar-refractivity contribution in [3.8, 4) is 0 Å². The first kappa shape index (κ1) is 18.6. The van der Waals surface area contributed by atoms with Gasteiger partial charge in [-0.25, -0.2) is 4.79 Å². The van der Waals surface area contributed by atoms with E-state index < -0.39 is 5.60 Å². The van der Waals surface area contributed by atoms with Gasteiger partial charge in [0.25, 0.3) is 0 Å². The molecule has 0 radical (unpaired) electrons. The fourth-order valence-electron chi connectivity index (χ4n) is 3.70. The number of nitrogens with one attached hydrogen (secondary N) is 1. The average molecular weight is 325 g/mol. The Hall–Kier alpha value is -0.770. The van der Waals surface area contributed by atoms with Gasteiger partial charge in [-0.1, -0.05) is 26.2 Å². The van der Waals surface area contributed by atoms with Crippen molar-refractivity contribution in [3.05, 3.63) is 0 Å². The molecule has 1 heterocycles. The third-order valence-corrected chi connectivity index (χ3v) is 5.33. The van der Waals surface area contributed by atoms with E-state index in [9.17, 15) is 4.79 Å². The van der Waals surface area contributed by atoms with Crippen molar-refractivity contribution in [2.24, 2.45) is 11.3 Å². The number of carbonyl (C=O) groups excluding carboxylic acids is 1. The molecule has 0 aromatic heterocycles. The van der Waals surface area contributed by atoms with Crippen LogP contribution in [0.15, 0.2) is 0 Å². The second-order valence-corrected chi connectivity index (χ2v) is 8.91. The summed E-state index contributed by atoms with van der Waals surface area (Å²) in [5.74, 6) is 0.884. The third kappa shape index (κ3) is 6.33. The first-order chi connectivity index (χ1) is 10.8. The van der Waals surface area contributed by atoms with Crippen LogP contribution in [0, 0.1) is 11.3 Å². The Morgan fingerprint density at radius 2 is 1.78 bits per heavy atom. The zero-order chi connectivity index (χ0) is 16.9. The molecule has 0 aromatic rings. The molecule has 134 valence electrons. The second kappa shape index (κ2) is 7.87. The topological polar surface area (TPSA) is 41.6 Å². The summed E-state index contributed by atoms with van der Waals surface area (Å²) in [4.78, 5) is 14.0. The lowest BCUT2D eigenvalue weighted by Gasteiger charge is -2.40. The van der Waals surface area contributed by atoms with E-state index in [1.807, 2.05) is 25.7 Å². The maximum Gasteiger partial charge on any atom is 0.410 e. The Labute approximate surface area is 142 Å². The lowest BCUT2D eigenvalue weighted by Crippen LogP contribution is -2.47. The first-order valence-corrected chi connectivity index (χ1v) is 9.46. The highest BCUT2D eigenvalue weighted by Crippen LogP contribution is 2.31. The molecule has 1 saturated heterocycles. The molecule has 1 N–H and O–H groups in total. The van der Waals surface area contributed by atoms with Gasteiger partial charge >= 0.3 is 6.09 Å². The van der Waals surface area contributed by atoms with Crippen molar-refractivity contribution in [3.63, 3.8) is 0 Å². The maximum atomic E-state index is 12.1. The molecule has 1 amide bonds. The highest BCUT2D eigenvalue weighted by molar-refractivity contribution is 5.68. The van der Waals surface area contributed by atoms with E-state index in [0.29, 0.717) is 5.41 Å². The van der Waals surface area contributed by atoms with Gasteiger partial charge in [0.2, 0.25) is 0 Å². The number of rotatable bonds is 4. The molecule has 0 spiro atoms. The molecule has 0 bridgehead atoms. The van der Waals surface area contributed by atoms with Crippen LogP contribution in [-0.2, 0) is 4.74 Å². The molecule has 1 aliphatic carbocycles. The van der Waals surface area contributed by atoms with E-state index in [0.717, 1.165) is 38.4 Å². The summed E-state index contributed by atoms with van der Waals surface area (Å²) < 4.78 is 5.48. The van der Waals surface area contributed by atoms with Crippen LogP contribution >= 0.6 is 0 Å². The Bertz CT molecular complexity index is 375. The van der Waals surface area contributed by atoms with Crippen LogP contribution in [0.25, 0.3) is 0 Å². The van der Waals surface area contributed by atoms with Gasteiger partial charge in [-0.3, -0.25) is 0 Å². The van der Waals surface area contributed by atoms with Crippen LogP contribution in [0.1, 0.15) is 72.6 Å². The summed E-state index contributed by atoms with van der Waals surface area (Å²) in [5.41, 5.74) is -0.0907. The number of ether oxygens (including phenoxy) is 1. The number of carbonyl (C=O) groups is 1. The van der Waals surface area contributed by atoms with Gasteiger partial charge in [0.15, 0.2) is 0 Å². The van der Waals surface area contributed by atoms with Gasteiger partial charge < -0.3 is 15.0 Å². The molecule has 1 aliphatic heterocycles. The van der Waals surface area contributed by atoms with Crippen molar-refractivity contribution in [2.75, 3.05) is 26.2 Å². The summed E-state index contributed by atoms with van der Waals surface area (Å²) >= 11 is 0. The molecule has 2 rings (SSSR count). The Morgan fingerprint density at radius 1 is 1.17 bits per heavy atom. The molecular weight excluding hydrogens is 288 g/mol. The Kier molecular flexibility index (Phi) is 6.35. The molecule has 4 nitrogen and oxygen atoms in total. The van der Waals surface area contributed by atoms with E-state index in [-0.39, 0.29) is 6.09 Å². The van der Waals surface area contributed by atoms with E-state index in [1.165, 1.54) is 38.6 Å². The predicted octanol–water partition coefficient (Wildman–Crippen LogP) is 4.19. The van der Waals surface area contributed by atoms with Crippen molar-refractivity contribution >= 4 is 6.09 Å².